The first kappa shape index (κ1) is 19.1. The molecular formula is C18H21BrN2O4. The van der Waals surface area contributed by atoms with Crippen molar-refractivity contribution >= 4 is 39.2 Å². The Bertz CT molecular complexity index is 725. The second-order valence-electron chi connectivity index (χ2n) is 5.65. The van der Waals surface area contributed by atoms with Gasteiger partial charge in [0.2, 0.25) is 5.76 Å². The van der Waals surface area contributed by atoms with E-state index in [-0.39, 0.29) is 12.4 Å². The maximum absolute atomic E-state index is 11.9. The summed E-state index contributed by atoms with van der Waals surface area (Å²) in [6.45, 7) is 6.88. The summed E-state index contributed by atoms with van der Waals surface area (Å²) in [5.41, 5.74) is 1.73. The molecule has 2 rings (SSSR count). The molecule has 1 aromatic heterocycles. The minimum Gasteiger partial charge on any atom is -0.450 e. The number of nitrogens with zero attached hydrogens (tertiary/aromatic N) is 1. The van der Waals surface area contributed by atoms with Gasteiger partial charge in [-0.3, -0.25) is 4.79 Å². The third kappa shape index (κ3) is 5.35. The van der Waals surface area contributed by atoms with E-state index in [0.717, 1.165) is 12.2 Å². The Balaban J connectivity index is 1.87. The van der Waals surface area contributed by atoms with Crippen LogP contribution in [0.2, 0.25) is 0 Å². The van der Waals surface area contributed by atoms with Crippen molar-refractivity contribution in [3.63, 3.8) is 0 Å². The van der Waals surface area contributed by atoms with Gasteiger partial charge < -0.3 is 19.4 Å². The first-order valence-electron chi connectivity index (χ1n) is 7.99. The number of furan rings is 1. The third-order valence-electron chi connectivity index (χ3n) is 3.56. The standard InChI is InChI=1S/C18H21BrN2O4/c1-4-21(12(2)3)14-7-5-13(6-8-14)20-17(22)11-24-18(23)15-9-10-16(19)25-15/h5-10,12H,4,11H2,1-3H3,(H,20,22). The van der Waals surface area contributed by atoms with Crippen LogP contribution in [0.25, 0.3) is 0 Å². The van der Waals surface area contributed by atoms with Crippen LogP contribution in [-0.2, 0) is 9.53 Å². The highest BCUT2D eigenvalue weighted by molar-refractivity contribution is 9.10. The van der Waals surface area contributed by atoms with Gasteiger partial charge in [-0.15, -0.1) is 0 Å². The smallest absolute Gasteiger partial charge is 0.374 e. The van der Waals surface area contributed by atoms with E-state index in [2.05, 4.69) is 46.9 Å². The van der Waals surface area contributed by atoms with Crippen molar-refractivity contribution < 1.29 is 18.7 Å². The Labute approximate surface area is 155 Å². The van der Waals surface area contributed by atoms with Crippen LogP contribution in [0.5, 0.6) is 0 Å². The molecule has 6 nitrogen and oxygen atoms in total. The molecule has 1 heterocycles. The second kappa shape index (κ2) is 8.71. The van der Waals surface area contributed by atoms with E-state index >= 15 is 0 Å². The number of amides is 1. The number of hydrogen-bond acceptors (Lipinski definition) is 5. The molecule has 0 bridgehead atoms. The second-order valence-corrected chi connectivity index (χ2v) is 6.44. The fourth-order valence-electron chi connectivity index (χ4n) is 2.41. The SMILES string of the molecule is CCN(c1ccc(NC(=O)COC(=O)c2ccc(Br)o2)cc1)C(C)C. The molecule has 0 atom stereocenters. The molecule has 0 radical (unpaired) electrons. The Morgan fingerprint density at radius 3 is 2.40 bits per heavy atom. The fourth-order valence-corrected chi connectivity index (χ4v) is 2.71. The normalized spacial score (nSPS) is 10.6. The summed E-state index contributed by atoms with van der Waals surface area (Å²) in [5.74, 6) is -1.06. The van der Waals surface area contributed by atoms with Crippen molar-refractivity contribution in [1.82, 2.24) is 0 Å². The molecule has 0 fully saturated rings. The number of hydrogen-bond donors (Lipinski definition) is 1. The predicted molar refractivity (Wildman–Crippen MR) is 99.9 cm³/mol. The third-order valence-corrected chi connectivity index (χ3v) is 3.98. The lowest BCUT2D eigenvalue weighted by Crippen LogP contribution is -2.30. The summed E-state index contributed by atoms with van der Waals surface area (Å²) in [5, 5.41) is 2.69. The van der Waals surface area contributed by atoms with Gasteiger partial charge in [-0.05, 0) is 73.1 Å². The molecule has 2 aromatic rings. The lowest BCUT2D eigenvalue weighted by Gasteiger charge is -2.27. The molecule has 134 valence electrons. The average molecular weight is 409 g/mol. The van der Waals surface area contributed by atoms with E-state index in [1.165, 1.54) is 6.07 Å². The van der Waals surface area contributed by atoms with Gasteiger partial charge >= 0.3 is 5.97 Å². The summed E-state index contributed by atoms with van der Waals surface area (Å²) in [7, 11) is 0. The largest absolute Gasteiger partial charge is 0.450 e. The van der Waals surface area contributed by atoms with Crippen molar-refractivity contribution in [2.24, 2.45) is 0 Å². The van der Waals surface area contributed by atoms with Gasteiger partial charge in [-0.1, -0.05) is 0 Å². The van der Waals surface area contributed by atoms with E-state index in [9.17, 15) is 9.59 Å². The van der Waals surface area contributed by atoms with E-state index in [1.54, 1.807) is 6.07 Å². The van der Waals surface area contributed by atoms with Crippen molar-refractivity contribution in [2.75, 3.05) is 23.4 Å². The van der Waals surface area contributed by atoms with Crippen molar-refractivity contribution in [3.8, 4) is 0 Å². The molecule has 7 heteroatoms. The highest BCUT2D eigenvalue weighted by atomic mass is 79.9. The van der Waals surface area contributed by atoms with Crippen LogP contribution in [0, 0.1) is 0 Å². The molecule has 0 unspecified atom stereocenters. The number of anilines is 2. The maximum atomic E-state index is 11.9. The summed E-state index contributed by atoms with van der Waals surface area (Å²) in [6, 6.07) is 11.0. The minimum atomic E-state index is -0.688. The summed E-state index contributed by atoms with van der Waals surface area (Å²) >= 11 is 3.10. The molecule has 1 N–H and O–H groups in total. The van der Waals surface area contributed by atoms with E-state index in [4.69, 9.17) is 9.15 Å². The maximum Gasteiger partial charge on any atom is 0.374 e. The van der Waals surface area contributed by atoms with Gasteiger partial charge in [0.15, 0.2) is 11.3 Å². The molecule has 0 saturated carbocycles. The fraction of sp³-hybridized carbons (Fsp3) is 0.333. The Morgan fingerprint density at radius 1 is 1.20 bits per heavy atom. The molecule has 0 spiro atoms. The monoisotopic (exact) mass is 408 g/mol. The van der Waals surface area contributed by atoms with Crippen LogP contribution < -0.4 is 10.2 Å². The van der Waals surface area contributed by atoms with Crippen LogP contribution >= 0.6 is 15.9 Å². The van der Waals surface area contributed by atoms with Gasteiger partial charge in [0.05, 0.1) is 0 Å². The summed E-state index contributed by atoms with van der Waals surface area (Å²) in [4.78, 5) is 25.9. The predicted octanol–water partition coefficient (Wildman–Crippen LogP) is 4.07. The summed E-state index contributed by atoms with van der Waals surface area (Å²) in [6.07, 6.45) is 0. The molecule has 0 saturated heterocycles. The lowest BCUT2D eigenvalue weighted by molar-refractivity contribution is -0.119. The number of ether oxygens (including phenoxy) is 1. The number of esters is 1. The molecule has 0 aliphatic carbocycles. The van der Waals surface area contributed by atoms with Crippen LogP contribution in [0.4, 0.5) is 11.4 Å². The van der Waals surface area contributed by atoms with E-state index in [0.29, 0.717) is 16.4 Å². The zero-order chi connectivity index (χ0) is 18.4. The number of carbonyl (C=O) groups excluding carboxylic acids is 2. The lowest BCUT2D eigenvalue weighted by atomic mass is 10.2. The van der Waals surface area contributed by atoms with Gasteiger partial charge in [0.25, 0.3) is 5.91 Å². The van der Waals surface area contributed by atoms with Gasteiger partial charge in [-0.2, -0.15) is 0 Å². The Hall–Kier alpha value is -2.28. The number of nitrogens with one attached hydrogen (secondary N) is 1. The van der Waals surface area contributed by atoms with E-state index in [1.807, 2.05) is 24.3 Å². The van der Waals surface area contributed by atoms with Gasteiger partial charge in [0, 0.05) is 24.0 Å². The van der Waals surface area contributed by atoms with Crippen LogP contribution in [-0.4, -0.2) is 31.1 Å². The molecule has 0 aliphatic heterocycles. The van der Waals surface area contributed by atoms with E-state index < -0.39 is 11.9 Å². The topological polar surface area (TPSA) is 71.8 Å². The molecule has 1 amide bonds. The van der Waals surface area contributed by atoms with Gasteiger partial charge in [-0.25, -0.2) is 4.79 Å². The van der Waals surface area contributed by atoms with Crippen LogP contribution in [0.3, 0.4) is 0 Å². The number of benzene rings is 1. The number of rotatable bonds is 7. The van der Waals surface area contributed by atoms with Gasteiger partial charge in [0.1, 0.15) is 0 Å². The number of carbonyl (C=O) groups is 2. The quantitative estimate of drug-likeness (QED) is 0.698. The first-order valence-corrected chi connectivity index (χ1v) is 8.79. The molecule has 25 heavy (non-hydrogen) atoms. The highest BCUT2D eigenvalue weighted by Crippen LogP contribution is 2.20. The molecule has 1 aromatic carbocycles. The average Bonchev–Trinajstić information content (AvgIpc) is 3.01. The molecular weight excluding hydrogens is 388 g/mol. The van der Waals surface area contributed by atoms with Crippen LogP contribution in [0.1, 0.15) is 31.3 Å². The molecule has 0 aliphatic rings. The first-order chi connectivity index (χ1) is 11.9. The van der Waals surface area contributed by atoms with Crippen molar-refractivity contribution in [3.05, 3.63) is 46.8 Å². The summed E-state index contributed by atoms with van der Waals surface area (Å²) < 4.78 is 10.4. The zero-order valence-electron chi connectivity index (χ0n) is 14.4. The Kier molecular flexibility index (Phi) is 6.64. The van der Waals surface area contributed by atoms with Crippen molar-refractivity contribution in [1.29, 1.82) is 0 Å². The van der Waals surface area contributed by atoms with Crippen molar-refractivity contribution in [2.45, 2.75) is 26.8 Å². The number of halogens is 1. The highest BCUT2D eigenvalue weighted by Gasteiger charge is 2.14. The zero-order valence-corrected chi connectivity index (χ0v) is 16.0. The van der Waals surface area contributed by atoms with Crippen LogP contribution in [0.15, 0.2) is 45.5 Å². The minimum absolute atomic E-state index is 0.0392. The Morgan fingerprint density at radius 2 is 1.88 bits per heavy atom.